The molecule has 0 saturated carbocycles. The molecule has 6 aromatic carbocycles. The summed E-state index contributed by atoms with van der Waals surface area (Å²) >= 11 is 1.78. The van der Waals surface area contributed by atoms with Gasteiger partial charge in [-0.05, 0) is 182 Å². The second-order valence-corrected chi connectivity index (χ2v) is 37.3. The van der Waals surface area contributed by atoms with Gasteiger partial charge in [-0.1, -0.05) is 35.8 Å². The van der Waals surface area contributed by atoms with E-state index in [1.807, 2.05) is 84.9 Å². The van der Waals surface area contributed by atoms with Gasteiger partial charge in [0.2, 0.25) is 53.2 Å². The molecule has 8 heterocycles. The van der Waals surface area contributed by atoms with Gasteiger partial charge in [-0.15, -0.1) is 0 Å². The zero-order valence-electron chi connectivity index (χ0n) is 79.3. The van der Waals surface area contributed by atoms with Gasteiger partial charge in [0.1, 0.15) is 52.9 Å². The summed E-state index contributed by atoms with van der Waals surface area (Å²) in [6.07, 6.45) is 4.00. The molecule has 6 atom stereocenters. The molecule has 10 aromatic rings. The molecule has 0 radical (unpaired) electrons. The summed E-state index contributed by atoms with van der Waals surface area (Å²) in [7, 11) is 11.8. The molecule has 38 nitrogen and oxygen atoms in total. The number of nitrogens with two attached hydrogens (primary N) is 1. The highest BCUT2D eigenvalue weighted by molar-refractivity contribution is 8.00. The normalized spacial score (nSPS) is 16.2. The van der Waals surface area contributed by atoms with Gasteiger partial charge >= 0.3 is 6.03 Å². The highest BCUT2D eigenvalue weighted by atomic mass is 32.2. The van der Waals surface area contributed by atoms with E-state index < -0.39 is 73.2 Å². The number of ether oxygens (including phenoxy) is 2. The number of azide groups is 1. The molecule has 722 valence electrons. The van der Waals surface area contributed by atoms with Crippen LogP contribution in [-0.2, 0) is 43.2 Å². The topological polar surface area (TPSA) is 442 Å². The molecule has 4 aromatic heterocycles. The molecule has 0 spiro atoms. The molecule has 11 amide bonds. The highest BCUT2D eigenvalue weighted by Crippen LogP contribution is 2.36. The number of thioether (sulfide) groups is 1. The van der Waals surface area contributed by atoms with E-state index in [9.17, 15) is 47.9 Å². The molecule has 0 unspecified atom stereocenters. The number of carbonyl (C=O) groups excluding carboxylic acids is 10. The zero-order chi connectivity index (χ0) is 96.4. The van der Waals surface area contributed by atoms with Crippen LogP contribution in [-0.4, -0.2) is 363 Å². The van der Waals surface area contributed by atoms with E-state index in [2.05, 4.69) is 111 Å². The number of carbonyl (C=O) groups is 10. The van der Waals surface area contributed by atoms with Crippen LogP contribution in [0.1, 0.15) is 91.4 Å². The van der Waals surface area contributed by atoms with Crippen LogP contribution in [0.3, 0.4) is 0 Å². The van der Waals surface area contributed by atoms with Crippen molar-refractivity contribution in [3.63, 3.8) is 0 Å². The van der Waals surface area contributed by atoms with E-state index in [0.29, 0.717) is 68.2 Å². The number of aromatic nitrogens is 8. The number of imidazole rings is 4. The van der Waals surface area contributed by atoms with Crippen molar-refractivity contribution in [2.45, 2.75) is 127 Å². The van der Waals surface area contributed by atoms with Crippen molar-refractivity contribution < 1.29 is 57.4 Å². The second kappa shape index (κ2) is 45.7. The molecule has 4 saturated heterocycles. The van der Waals surface area contributed by atoms with Crippen molar-refractivity contribution in [2.24, 2.45) is 10.8 Å². The minimum atomic E-state index is -1.22. The minimum Gasteiger partial charge on any atom is -0.494 e. The summed E-state index contributed by atoms with van der Waals surface area (Å²) < 4.78 is 12.4. The monoisotopic (exact) mass is 1880 g/mol. The second-order valence-electron chi connectivity index (χ2n) is 36.0. The summed E-state index contributed by atoms with van der Waals surface area (Å²) in [5.74, 6) is 0.207. The van der Waals surface area contributed by atoms with Crippen LogP contribution in [0.15, 0.2) is 126 Å². The van der Waals surface area contributed by atoms with Crippen LogP contribution in [0.4, 0.5) is 16.2 Å². The lowest BCUT2D eigenvalue weighted by molar-refractivity contribution is -0.153. The van der Waals surface area contributed by atoms with Crippen LogP contribution in [0.25, 0.3) is 100 Å². The molecule has 136 heavy (non-hydrogen) atoms. The average molecular weight is 1880 g/mol. The number of benzene rings is 6. The first-order valence-corrected chi connectivity index (χ1v) is 48.0. The summed E-state index contributed by atoms with van der Waals surface area (Å²) in [5, 5.41) is 9.69. The molecule has 0 aliphatic carbocycles. The Morgan fingerprint density at radius 2 is 0.934 bits per heavy atom. The van der Waals surface area contributed by atoms with Gasteiger partial charge < -0.3 is 105 Å². The fraction of sp³-hybridized carbons (Fsp3) is 0.485. The third-order valence-corrected chi connectivity index (χ3v) is 28.0. The van der Waals surface area contributed by atoms with Gasteiger partial charge in [-0.2, -0.15) is 11.8 Å². The quantitative estimate of drug-likeness (QED) is 0.00615. The van der Waals surface area contributed by atoms with Crippen LogP contribution < -0.4 is 35.6 Å². The predicted molar refractivity (Wildman–Crippen MR) is 525 cm³/mol. The van der Waals surface area contributed by atoms with E-state index >= 15 is 0 Å². The molecule has 0 bridgehead atoms. The number of unbranched alkanes of at least 4 members (excludes halogenated alkanes) is 2. The maximum Gasteiger partial charge on any atom is 0.315 e. The number of anilines is 2. The van der Waals surface area contributed by atoms with Gasteiger partial charge in [-0.25, -0.2) is 24.7 Å². The van der Waals surface area contributed by atoms with Crippen LogP contribution >= 0.6 is 11.8 Å². The van der Waals surface area contributed by atoms with Crippen molar-refractivity contribution in [1.29, 1.82) is 0 Å². The molecule has 4 fully saturated rings. The van der Waals surface area contributed by atoms with Crippen molar-refractivity contribution in [2.75, 3.05) is 189 Å². The summed E-state index contributed by atoms with van der Waals surface area (Å²) in [6, 6.07) is 36.2. The van der Waals surface area contributed by atoms with E-state index in [1.165, 1.54) is 76.2 Å². The number of aromatic amines is 4. The lowest BCUT2D eigenvalue weighted by Gasteiger charge is -2.36. The molecule has 8 N–H and O–H groups in total. The fourth-order valence-electron chi connectivity index (χ4n) is 17.5. The number of nitrogens with one attached hydrogen (secondary N) is 6. The van der Waals surface area contributed by atoms with E-state index in [1.54, 1.807) is 30.8 Å². The number of hydrogen-bond donors (Lipinski definition) is 7. The molecule has 4 aliphatic heterocycles. The van der Waals surface area contributed by atoms with Gasteiger partial charge in [0, 0.05) is 196 Å². The first-order valence-electron chi connectivity index (χ1n) is 46.9. The van der Waals surface area contributed by atoms with Crippen molar-refractivity contribution in [3.8, 4) is 57.1 Å². The Morgan fingerprint density at radius 1 is 0.471 bits per heavy atom. The number of likely N-dealkylation sites (N-methyl/N-ethyl adjacent to an activating group) is 6. The minimum absolute atomic E-state index is 0.00637. The van der Waals surface area contributed by atoms with Crippen LogP contribution in [0.5, 0.6) is 11.5 Å². The standard InChI is InChI=1S/C97H126N26O12S/c1-62(116(8)87(128)59-122(86(127)25-12-11-24-82-89-81(61-136-82)109-97(133)110-89)49-44-115(7)85(126)27-18-51-135-72-23-16-21-66(53-72)91-102-74-33-29-68(55-78(74)106-91)93-104-76-35-31-70(57-80(76)108-93)120-47-42-113(5)43-48-120)94(130)117(9)63(2)95(131)118(10)64(3)96(132)123(60-88(129)121(58-83(98)124)39-19-36-100-111-99)38-14-13-37-114(6)84(125)26-17-50-134-71-22-15-20-65(52-71)90-101-73-32-28-67(54-77(73)105-90)92-103-75-34-30-69(56-79(75)107-92)119-45-40-112(4)41-46-119/h15-16,20-23,28-35,52-57,62-64,81-82,89H,11-14,17-19,24-27,36-51,58-61H2,1-10H3,(H2,98,124)(H,101,105)(H,102,106)(H,103,107)(H,104,108)(H2,109,110,133)/t62-,63-,64-,81-,82-,89-/m0/s1. The Morgan fingerprint density at radius 3 is 1.46 bits per heavy atom. The number of hydrogen-bond acceptors (Lipinski definition) is 22. The predicted octanol–water partition coefficient (Wildman–Crippen LogP) is 9.02. The largest absolute Gasteiger partial charge is 0.494 e. The average Bonchev–Trinajstić information content (AvgIpc) is 1.64. The first-order chi connectivity index (χ1) is 65.5. The number of H-pyrrole nitrogens is 4. The summed E-state index contributed by atoms with van der Waals surface area (Å²) in [6.45, 7) is 11.8. The maximum atomic E-state index is 14.8. The Labute approximate surface area is 795 Å². The number of piperazine rings is 2. The van der Waals surface area contributed by atoms with E-state index in [0.717, 1.165) is 154 Å². The number of rotatable bonds is 45. The Bertz CT molecular complexity index is 6000. The smallest absolute Gasteiger partial charge is 0.315 e. The van der Waals surface area contributed by atoms with Crippen molar-refractivity contribution in [3.05, 3.63) is 132 Å². The number of fused-ring (bicyclic) bond motifs is 5. The first kappa shape index (κ1) is 98.5. The van der Waals surface area contributed by atoms with Gasteiger partial charge in [0.25, 0.3) is 0 Å². The summed E-state index contributed by atoms with van der Waals surface area (Å²) in [4.78, 5) is 195. The molecular weight excluding hydrogens is 1750 g/mol. The zero-order valence-corrected chi connectivity index (χ0v) is 80.1. The summed E-state index contributed by atoms with van der Waals surface area (Å²) in [5.41, 5.74) is 27.3. The molecule has 14 rings (SSSR count). The maximum absolute atomic E-state index is 14.8. The van der Waals surface area contributed by atoms with Crippen molar-refractivity contribution >= 4 is 126 Å². The molecular formula is C97H126N26O12S. The lowest BCUT2D eigenvalue weighted by atomic mass is 10.0. The third-order valence-electron chi connectivity index (χ3n) is 26.5. The number of nitrogens with zero attached hydrogens (tertiary/aromatic N) is 19. The molecule has 4 aliphatic rings. The van der Waals surface area contributed by atoms with Gasteiger partial charge in [0.05, 0.1) is 89.1 Å². The number of urea groups is 1. The van der Waals surface area contributed by atoms with Crippen molar-refractivity contribution in [1.82, 2.24) is 99.5 Å². The van der Waals surface area contributed by atoms with Crippen LogP contribution in [0, 0.1) is 0 Å². The Balaban J connectivity index is 0.543. The highest BCUT2D eigenvalue weighted by Gasteiger charge is 2.43. The third kappa shape index (κ3) is 25.0. The lowest BCUT2D eigenvalue weighted by Crippen LogP contribution is -2.57. The van der Waals surface area contributed by atoms with Gasteiger partial charge in [0.15, 0.2) is 0 Å². The molecule has 39 heteroatoms. The number of primary amides is 1. The van der Waals surface area contributed by atoms with E-state index in [-0.39, 0.29) is 113 Å². The van der Waals surface area contributed by atoms with Crippen LogP contribution in [0.2, 0.25) is 0 Å². The van der Waals surface area contributed by atoms with Gasteiger partial charge in [-0.3, -0.25) is 43.2 Å². The Hall–Kier alpha value is -13.5. The fourth-order valence-corrected chi connectivity index (χ4v) is 19.1. The van der Waals surface area contributed by atoms with E-state index in [4.69, 9.17) is 40.7 Å². The Kier molecular flexibility index (Phi) is 33.1. The number of amides is 11. The SMILES string of the molecule is C[C@@H](C(=O)N(C)[C@@H](C)C(=O)N(C)[C@@H](C)C(=O)N(CCCCN(C)C(=O)CCCOc1cccc(-c2nc3ccc(-c4nc5cc(N6CCN(C)CC6)ccc5[nH]4)cc3[nH]2)c1)CC(=O)N(CCCN=[N+]=[N-])CC(N)=O)N(C)C(=O)CN(CCN(C)C(=O)CCCOc1cccc(-c2nc3ccc(-c4nc5cc(N6CCN(C)CC6)ccc5[nH]4)cc3[nH]2)c1)C(=O)CCCC[C@@H]1SC[C@@H]2NC(=O)N[C@@H]21.